The van der Waals surface area contributed by atoms with Gasteiger partial charge in [-0.15, -0.1) is 0 Å². The number of rotatable bonds is 11. The Bertz CT molecular complexity index is 1250. The van der Waals surface area contributed by atoms with Crippen LogP contribution in [0, 0.1) is 5.82 Å². The molecule has 1 aromatic carbocycles. The van der Waals surface area contributed by atoms with E-state index in [9.17, 15) is 18.8 Å². The maximum Gasteiger partial charge on any atom is 0.330 e. The van der Waals surface area contributed by atoms with Gasteiger partial charge in [0.25, 0.3) is 5.56 Å². The van der Waals surface area contributed by atoms with Gasteiger partial charge in [0.1, 0.15) is 11.6 Å². The number of benzene rings is 1. The predicted octanol–water partition coefficient (Wildman–Crippen LogP) is 4.24. The number of aryl methyl sites for hydroxylation is 3. The lowest BCUT2D eigenvalue weighted by atomic mass is 10.2. The highest BCUT2D eigenvalue weighted by Gasteiger charge is 2.19. The number of carbonyl (C=O) groups is 1. The molecule has 0 aliphatic heterocycles. The van der Waals surface area contributed by atoms with E-state index in [0.29, 0.717) is 35.8 Å². The van der Waals surface area contributed by atoms with Gasteiger partial charge in [0.05, 0.1) is 10.7 Å². The minimum Gasteiger partial charge on any atom is -0.325 e. The average molecular weight is 478 g/mol. The molecular weight excluding hydrogens is 449 g/mol. The van der Waals surface area contributed by atoms with Gasteiger partial charge in [-0.3, -0.25) is 19.1 Å². The van der Waals surface area contributed by atoms with E-state index in [0.717, 1.165) is 38.2 Å². The molecule has 0 bridgehead atoms. The number of aromatic amines is 1. The Hall–Kier alpha value is -2.94. The van der Waals surface area contributed by atoms with Crippen molar-refractivity contribution in [1.82, 2.24) is 19.1 Å². The molecule has 3 rings (SSSR count). The van der Waals surface area contributed by atoms with Crippen molar-refractivity contribution in [3.05, 3.63) is 55.7 Å². The molecule has 33 heavy (non-hydrogen) atoms. The first-order valence-electron chi connectivity index (χ1n) is 11.3. The van der Waals surface area contributed by atoms with Crippen LogP contribution in [0.25, 0.3) is 11.2 Å². The summed E-state index contributed by atoms with van der Waals surface area (Å²) < 4.78 is 16.6. The standard InChI is InChI=1S/C23H29ClFN5O3/c1-3-5-7-13-29-18(10-11-19(31)26-17-9-8-15(25)14-16(17)24)27-21-20(29)22(32)28-23(33)30(21)12-6-4-2/h8-9,14H,3-7,10-13H2,1-2H3,(H,26,31)(H,28,32,33). The first-order chi connectivity index (χ1) is 15.8. The Balaban J connectivity index is 1.90. The lowest BCUT2D eigenvalue weighted by molar-refractivity contribution is -0.116. The van der Waals surface area contributed by atoms with Crippen LogP contribution in [-0.4, -0.2) is 25.0 Å². The number of anilines is 1. The number of halogens is 2. The van der Waals surface area contributed by atoms with Gasteiger partial charge in [0.2, 0.25) is 5.91 Å². The number of aromatic nitrogens is 4. The summed E-state index contributed by atoms with van der Waals surface area (Å²) in [5.41, 5.74) is 0.0868. The van der Waals surface area contributed by atoms with E-state index in [1.807, 2.05) is 11.5 Å². The first-order valence-corrected chi connectivity index (χ1v) is 11.7. The Morgan fingerprint density at radius 1 is 1.12 bits per heavy atom. The Kier molecular flexibility index (Phi) is 8.43. The number of amides is 1. The smallest absolute Gasteiger partial charge is 0.325 e. The SMILES string of the molecule is CCCCCn1c(CCC(=O)Nc2ccc(F)cc2Cl)nc2c1c(=O)[nH]c(=O)n2CCCC. The number of H-pyrrole nitrogens is 1. The van der Waals surface area contributed by atoms with Gasteiger partial charge in [0, 0.05) is 25.9 Å². The summed E-state index contributed by atoms with van der Waals surface area (Å²) in [6, 6.07) is 3.75. The van der Waals surface area contributed by atoms with Crippen molar-refractivity contribution >= 4 is 34.4 Å². The summed E-state index contributed by atoms with van der Waals surface area (Å²) in [6.45, 7) is 5.14. The molecule has 0 saturated heterocycles. The quantitative estimate of drug-likeness (QED) is 0.403. The van der Waals surface area contributed by atoms with Gasteiger partial charge in [0.15, 0.2) is 11.2 Å². The van der Waals surface area contributed by atoms with E-state index in [1.54, 1.807) is 0 Å². The van der Waals surface area contributed by atoms with E-state index in [-0.39, 0.29) is 23.8 Å². The fourth-order valence-electron chi connectivity index (χ4n) is 3.72. The molecule has 0 fully saturated rings. The van der Waals surface area contributed by atoms with Crippen molar-refractivity contribution in [2.24, 2.45) is 0 Å². The molecule has 3 aromatic rings. The number of fused-ring (bicyclic) bond motifs is 1. The fraction of sp³-hybridized carbons (Fsp3) is 0.478. The number of unbranched alkanes of at least 4 members (excludes halogenated alkanes) is 3. The molecule has 10 heteroatoms. The highest BCUT2D eigenvalue weighted by molar-refractivity contribution is 6.33. The molecule has 0 saturated carbocycles. The summed E-state index contributed by atoms with van der Waals surface area (Å²) in [5, 5.41) is 2.79. The van der Waals surface area contributed by atoms with Crippen LogP contribution in [0.2, 0.25) is 5.02 Å². The topological polar surface area (TPSA) is 102 Å². The van der Waals surface area contributed by atoms with E-state index in [4.69, 9.17) is 11.6 Å². The molecule has 0 aliphatic rings. The second-order valence-corrected chi connectivity index (χ2v) is 8.40. The minimum absolute atomic E-state index is 0.0852. The second-order valence-electron chi connectivity index (χ2n) is 8.00. The zero-order valence-electron chi connectivity index (χ0n) is 18.9. The molecule has 0 atom stereocenters. The van der Waals surface area contributed by atoms with Crippen LogP contribution in [0.4, 0.5) is 10.1 Å². The number of imidazole rings is 1. The summed E-state index contributed by atoms with van der Waals surface area (Å²) in [7, 11) is 0. The van der Waals surface area contributed by atoms with Gasteiger partial charge in [-0.1, -0.05) is 44.7 Å². The van der Waals surface area contributed by atoms with Gasteiger partial charge in [-0.25, -0.2) is 14.2 Å². The molecule has 1 amide bonds. The van der Waals surface area contributed by atoms with Crippen molar-refractivity contribution in [3.8, 4) is 0 Å². The molecule has 0 radical (unpaired) electrons. The third-order valence-corrected chi connectivity index (χ3v) is 5.78. The van der Waals surface area contributed by atoms with E-state index in [1.165, 1.54) is 16.7 Å². The Morgan fingerprint density at radius 3 is 2.55 bits per heavy atom. The molecule has 178 valence electrons. The number of nitrogens with zero attached hydrogens (tertiary/aromatic N) is 3. The molecule has 0 aliphatic carbocycles. The molecular formula is C23H29ClFN5O3. The van der Waals surface area contributed by atoms with Gasteiger partial charge >= 0.3 is 5.69 Å². The van der Waals surface area contributed by atoms with Crippen LogP contribution in [0.3, 0.4) is 0 Å². The Morgan fingerprint density at radius 2 is 1.85 bits per heavy atom. The van der Waals surface area contributed by atoms with E-state index >= 15 is 0 Å². The van der Waals surface area contributed by atoms with Crippen LogP contribution >= 0.6 is 11.6 Å². The molecule has 0 unspecified atom stereocenters. The molecule has 2 heterocycles. The van der Waals surface area contributed by atoms with Gasteiger partial charge in [-0.05, 0) is 31.0 Å². The van der Waals surface area contributed by atoms with Crippen molar-refractivity contribution in [3.63, 3.8) is 0 Å². The highest BCUT2D eigenvalue weighted by atomic mass is 35.5. The average Bonchev–Trinajstić information content (AvgIpc) is 3.13. The van der Waals surface area contributed by atoms with E-state index < -0.39 is 17.1 Å². The zero-order valence-corrected chi connectivity index (χ0v) is 19.7. The number of carbonyl (C=O) groups excluding carboxylic acids is 1. The molecule has 0 spiro atoms. The summed E-state index contributed by atoms with van der Waals surface area (Å²) in [5.74, 6) is -0.228. The van der Waals surface area contributed by atoms with Gasteiger partial charge in [-0.2, -0.15) is 0 Å². The van der Waals surface area contributed by atoms with Crippen molar-refractivity contribution in [2.75, 3.05) is 5.32 Å². The van der Waals surface area contributed by atoms with E-state index in [2.05, 4.69) is 22.2 Å². The lowest BCUT2D eigenvalue weighted by Crippen LogP contribution is -2.31. The van der Waals surface area contributed by atoms with Crippen molar-refractivity contribution < 1.29 is 9.18 Å². The number of hydrogen-bond donors (Lipinski definition) is 2. The Labute approximate surface area is 195 Å². The molecule has 2 aromatic heterocycles. The largest absolute Gasteiger partial charge is 0.330 e. The van der Waals surface area contributed by atoms with Crippen LogP contribution < -0.4 is 16.6 Å². The highest BCUT2D eigenvalue weighted by Crippen LogP contribution is 2.23. The molecule has 2 N–H and O–H groups in total. The second kappa shape index (κ2) is 11.3. The fourth-order valence-corrected chi connectivity index (χ4v) is 3.94. The first kappa shape index (κ1) is 24.7. The zero-order chi connectivity index (χ0) is 24.0. The molecule has 8 nitrogen and oxygen atoms in total. The summed E-state index contributed by atoms with van der Waals surface area (Å²) in [6.07, 6.45) is 4.87. The maximum atomic E-state index is 13.2. The monoisotopic (exact) mass is 477 g/mol. The lowest BCUT2D eigenvalue weighted by Gasteiger charge is -2.10. The van der Waals surface area contributed by atoms with Gasteiger partial charge < -0.3 is 9.88 Å². The summed E-state index contributed by atoms with van der Waals surface area (Å²) >= 11 is 5.99. The van der Waals surface area contributed by atoms with Crippen LogP contribution in [0.1, 0.15) is 58.2 Å². The van der Waals surface area contributed by atoms with Crippen LogP contribution in [-0.2, 0) is 24.3 Å². The van der Waals surface area contributed by atoms with Crippen LogP contribution in [0.5, 0.6) is 0 Å². The normalized spacial score (nSPS) is 11.3. The van der Waals surface area contributed by atoms with Crippen molar-refractivity contribution in [2.45, 2.75) is 71.9 Å². The van der Waals surface area contributed by atoms with Crippen molar-refractivity contribution in [1.29, 1.82) is 0 Å². The minimum atomic E-state index is -0.488. The number of nitrogens with one attached hydrogen (secondary N) is 2. The van der Waals surface area contributed by atoms with Crippen LogP contribution in [0.15, 0.2) is 27.8 Å². The predicted molar refractivity (Wildman–Crippen MR) is 127 cm³/mol. The third kappa shape index (κ3) is 5.90. The number of hydrogen-bond acceptors (Lipinski definition) is 4. The summed E-state index contributed by atoms with van der Waals surface area (Å²) in [4.78, 5) is 44.7. The maximum absolute atomic E-state index is 13.2. The third-order valence-electron chi connectivity index (χ3n) is 5.47.